The number of carbonyl (C=O) groups excluding carboxylic acids is 1. The molecule has 2 aromatic carbocycles. The first-order valence-electron chi connectivity index (χ1n) is 10.8. The molecule has 1 amide bonds. The van der Waals surface area contributed by atoms with Crippen LogP contribution in [0.5, 0.6) is 5.75 Å². The Balaban J connectivity index is 0.00000306. The molecule has 174 valence electrons. The van der Waals surface area contributed by atoms with Crippen LogP contribution in [0.1, 0.15) is 37.1 Å². The Morgan fingerprint density at radius 1 is 1.12 bits per heavy atom. The molecule has 1 saturated carbocycles. The Labute approximate surface area is 189 Å². The molecule has 0 atom stereocenters. The molecule has 2 aliphatic rings. The number of hydrogen-bond donors (Lipinski definition) is 1. The molecule has 1 N–H and O–H groups in total. The molecule has 0 aromatic heterocycles. The predicted molar refractivity (Wildman–Crippen MR) is 123 cm³/mol. The molecule has 1 aliphatic heterocycles. The number of hydrogen-bond acceptors (Lipinski definition) is 5. The van der Waals surface area contributed by atoms with Gasteiger partial charge in [0.05, 0.1) is 18.6 Å². The van der Waals surface area contributed by atoms with Crippen LogP contribution in [-0.2, 0) is 15.6 Å². The average Bonchev–Trinajstić information content (AvgIpc) is 3.61. The van der Waals surface area contributed by atoms with Crippen molar-refractivity contribution in [1.29, 1.82) is 0 Å². The van der Waals surface area contributed by atoms with Crippen molar-refractivity contribution in [3.05, 3.63) is 59.4 Å². The molecule has 1 aliphatic carbocycles. The summed E-state index contributed by atoms with van der Waals surface area (Å²) in [6.45, 7) is 4.22. The van der Waals surface area contributed by atoms with Gasteiger partial charge in [0.2, 0.25) is 10.0 Å². The Bertz CT molecular complexity index is 1100. The third-order valence-electron chi connectivity index (χ3n) is 6.37. The maximum Gasteiger partial charge on any atom is 0.254 e. The number of anilines is 1. The van der Waals surface area contributed by atoms with Crippen molar-refractivity contribution < 1.29 is 23.8 Å². The van der Waals surface area contributed by atoms with Gasteiger partial charge < -0.3 is 9.64 Å². The summed E-state index contributed by atoms with van der Waals surface area (Å²) < 4.78 is 44.8. The number of rotatable bonds is 7. The average molecular weight is 464 g/mol. The summed E-state index contributed by atoms with van der Waals surface area (Å²) in [5, 5.41) is 0. The highest BCUT2D eigenvalue weighted by atomic mass is 32.2. The van der Waals surface area contributed by atoms with Crippen LogP contribution in [-0.4, -0.2) is 63.2 Å². The zero-order valence-electron chi connectivity index (χ0n) is 18.3. The lowest BCUT2D eigenvalue weighted by Crippen LogP contribution is -2.52. The SMILES string of the molecule is CCS(=O)(=O)Nc1ccc(C(=O)N2CCN(C3(c4ccc(F)cc4)CC3)CC2)cc1OC.[HH]. The van der Waals surface area contributed by atoms with Crippen LogP contribution in [0.15, 0.2) is 42.5 Å². The van der Waals surface area contributed by atoms with Gasteiger partial charge in [-0.15, -0.1) is 0 Å². The molecule has 1 heterocycles. The lowest BCUT2D eigenvalue weighted by Gasteiger charge is -2.40. The van der Waals surface area contributed by atoms with Crippen LogP contribution in [0, 0.1) is 5.82 Å². The second kappa shape index (κ2) is 8.71. The number of halogens is 1. The minimum absolute atomic E-state index is 0. The number of sulfonamides is 1. The number of carbonyl (C=O) groups is 1. The first kappa shape index (κ1) is 22.5. The minimum Gasteiger partial charge on any atom is -0.495 e. The van der Waals surface area contributed by atoms with Crippen molar-refractivity contribution in [2.75, 3.05) is 43.8 Å². The van der Waals surface area contributed by atoms with Crippen molar-refractivity contribution >= 4 is 21.6 Å². The molecule has 0 unspecified atom stereocenters. The summed E-state index contributed by atoms with van der Waals surface area (Å²) >= 11 is 0. The molecule has 32 heavy (non-hydrogen) atoms. The standard InChI is InChI=1S/C23H28FN3O4S.H2/c1-3-32(29,30)25-20-9-4-17(16-21(20)31-2)22(28)26-12-14-27(15-13-26)23(10-11-23)18-5-7-19(24)8-6-18;/h4-9,16,25H,3,10-15H2,1-2H3;1H. The molecule has 4 rings (SSSR count). The lowest BCUT2D eigenvalue weighted by molar-refractivity contribution is 0.0531. The van der Waals surface area contributed by atoms with Crippen molar-refractivity contribution in [3.63, 3.8) is 0 Å². The summed E-state index contributed by atoms with van der Waals surface area (Å²) in [4.78, 5) is 17.3. The molecule has 2 aromatic rings. The summed E-state index contributed by atoms with van der Waals surface area (Å²) in [5.41, 5.74) is 1.86. The Morgan fingerprint density at radius 2 is 1.78 bits per heavy atom. The van der Waals surface area contributed by atoms with Crippen LogP contribution >= 0.6 is 0 Å². The van der Waals surface area contributed by atoms with E-state index in [1.165, 1.54) is 19.2 Å². The summed E-state index contributed by atoms with van der Waals surface area (Å²) in [7, 11) is -2.01. The van der Waals surface area contributed by atoms with Gasteiger partial charge in [-0.25, -0.2) is 12.8 Å². The van der Waals surface area contributed by atoms with E-state index in [4.69, 9.17) is 4.74 Å². The summed E-state index contributed by atoms with van der Waals surface area (Å²) in [6, 6.07) is 11.5. The van der Waals surface area contributed by atoms with Gasteiger partial charge in [-0.3, -0.25) is 14.4 Å². The molecule has 0 radical (unpaired) electrons. The highest BCUT2D eigenvalue weighted by Crippen LogP contribution is 2.51. The minimum atomic E-state index is -3.45. The quantitative estimate of drug-likeness (QED) is 0.682. The van der Waals surface area contributed by atoms with E-state index < -0.39 is 10.0 Å². The maximum atomic E-state index is 13.3. The summed E-state index contributed by atoms with van der Waals surface area (Å²) in [6.07, 6.45) is 2.08. The number of amides is 1. The smallest absolute Gasteiger partial charge is 0.254 e. The number of nitrogens with zero attached hydrogens (tertiary/aromatic N) is 2. The van der Waals surface area contributed by atoms with E-state index in [2.05, 4.69) is 9.62 Å². The molecule has 9 heteroatoms. The van der Waals surface area contributed by atoms with Gasteiger partial charge in [-0.05, 0) is 55.7 Å². The highest BCUT2D eigenvalue weighted by Gasteiger charge is 2.50. The summed E-state index contributed by atoms with van der Waals surface area (Å²) in [5.74, 6) is -0.0938. The van der Waals surface area contributed by atoms with E-state index in [1.54, 1.807) is 25.1 Å². The third-order valence-corrected chi connectivity index (χ3v) is 7.66. The zero-order chi connectivity index (χ0) is 22.9. The van der Waals surface area contributed by atoms with Crippen molar-refractivity contribution in [2.24, 2.45) is 0 Å². The van der Waals surface area contributed by atoms with Crippen LogP contribution in [0.3, 0.4) is 0 Å². The number of methoxy groups -OCH3 is 1. The van der Waals surface area contributed by atoms with Gasteiger partial charge in [0.25, 0.3) is 5.91 Å². The highest BCUT2D eigenvalue weighted by molar-refractivity contribution is 7.92. The third kappa shape index (κ3) is 4.45. The van der Waals surface area contributed by atoms with Crippen LogP contribution in [0.2, 0.25) is 0 Å². The molecule has 0 bridgehead atoms. The predicted octanol–water partition coefficient (Wildman–Crippen LogP) is 3.29. The second-order valence-electron chi connectivity index (χ2n) is 8.24. The number of ether oxygens (including phenoxy) is 1. The van der Waals surface area contributed by atoms with Gasteiger partial charge >= 0.3 is 0 Å². The molecule has 0 spiro atoms. The van der Waals surface area contributed by atoms with E-state index in [0.29, 0.717) is 30.1 Å². The monoisotopic (exact) mass is 463 g/mol. The van der Waals surface area contributed by atoms with Crippen LogP contribution in [0.25, 0.3) is 0 Å². The topological polar surface area (TPSA) is 79.0 Å². The van der Waals surface area contributed by atoms with E-state index in [1.807, 2.05) is 17.0 Å². The largest absolute Gasteiger partial charge is 0.495 e. The van der Waals surface area contributed by atoms with Crippen LogP contribution in [0.4, 0.5) is 10.1 Å². The normalized spacial score (nSPS) is 18.3. The fourth-order valence-electron chi connectivity index (χ4n) is 4.33. The van der Waals surface area contributed by atoms with Crippen molar-refractivity contribution in [3.8, 4) is 5.75 Å². The fraction of sp³-hybridized carbons (Fsp3) is 0.435. The molecule has 2 fully saturated rings. The van der Waals surface area contributed by atoms with Gasteiger partial charge in [0, 0.05) is 38.7 Å². The van der Waals surface area contributed by atoms with E-state index in [0.717, 1.165) is 31.5 Å². The lowest BCUT2D eigenvalue weighted by atomic mass is 10.0. The molecule has 1 saturated heterocycles. The molecular weight excluding hydrogens is 433 g/mol. The Hall–Kier alpha value is -2.65. The van der Waals surface area contributed by atoms with Gasteiger partial charge in [0.15, 0.2) is 0 Å². The first-order valence-corrected chi connectivity index (χ1v) is 12.4. The van der Waals surface area contributed by atoms with E-state index in [-0.39, 0.29) is 24.4 Å². The van der Waals surface area contributed by atoms with Gasteiger partial charge in [0.1, 0.15) is 11.6 Å². The second-order valence-corrected chi connectivity index (χ2v) is 10.2. The molecule has 7 nitrogen and oxygen atoms in total. The zero-order valence-corrected chi connectivity index (χ0v) is 19.1. The Morgan fingerprint density at radius 3 is 2.34 bits per heavy atom. The first-order chi connectivity index (χ1) is 15.3. The van der Waals surface area contributed by atoms with Crippen LogP contribution < -0.4 is 9.46 Å². The number of benzene rings is 2. The number of piperazine rings is 1. The maximum absolute atomic E-state index is 13.3. The van der Waals surface area contributed by atoms with Gasteiger partial charge in [-0.1, -0.05) is 12.1 Å². The van der Waals surface area contributed by atoms with E-state index >= 15 is 0 Å². The Kier molecular flexibility index (Phi) is 6.13. The van der Waals surface area contributed by atoms with Crippen molar-refractivity contribution in [1.82, 2.24) is 9.80 Å². The molecular formula is C23H30FN3O4S. The van der Waals surface area contributed by atoms with Gasteiger partial charge in [-0.2, -0.15) is 0 Å². The van der Waals surface area contributed by atoms with E-state index in [9.17, 15) is 17.6 Å². The number of nitrogens with one attached hydrogen (secondary N) is 1. The fourth-order valence-corrected chi connectivity index (χ4v) is 4.98. The van der Waals surface area contributed by atoms with Crippen molar-refractivity contribution in [2.45, 2.75) is 25.3 Å².